The van der Waals surface area contributed by atoms with Crippen molar-refractivity contribution in [2.45, 2.75) is 6.10 Å². The molecule has 2 heterocycles. The molecule has 0 aliphatic carbocycles. The van der Waals surface area contributed by atoms with E-state index in [1.54, 1.807) is 18.4 Å². The number of β-amino-alcohol motifs (C(OH)–C–C–N with tert-alkyl or cyclic N) is 1. The number of ether oxygens (including phenoxy) is 1. The first-order chi connectivity index (χ1) is 9.79. The highest BCUT2D eigenvalue weighted by molar-refractivity contribution is 7.13. The van der Waals surface area contributed by atoms with Gasteiger partial charge in [0, 0.05) is 64.5 Å². The molecule has 7 heteroatoms. The fraction of sp³-hybridized carbons (Fsp3) is 0.769. The van der Waals surface area contributed by atoms with Crippen LogP contribution in [0.15, 0.2) is 11.6 Å². The zero-order valence-corrected chi connectivity index (χ0v) is 12.8. The van der Waals surface area contributed by atoms with Crippen LogP contribution in [0.1, 0.15) is 0 Å². The Morgan fingerprint density at radius 2 is 2.25 bits per heavy atom. The van der Waals surface area contributed by atoms with Crippen LogP contribution in [0.3, 0.4) is 0 Å². The fourth-order valence-corrected chi connectivity index (χ4v) is 3.00. The third-order valence-electron chi connectivity index (χ3n) is 3.39. The molecule has 0 bridgehead atoms. The molecule has 1 atom stereocenters. The molecule has 114 valence electrons. The van der Waals surface area contributed by atoms with Crippen LogP contribution in [0.5, 0.6) is 0 Å². The predicted octanol–water partition coefficient (Wildman–Crippen LogP) is -0.138. The largest absolute Gasteiger partial charge is 0.390 e. The van der Waals surface area contributed by atoms with Crippen LogP contribution in [0, 0.1) is 0 Å². The smallest absolute Gasteiger partial charge is 0.185 e. The summed E-state index contributed by atoms with van der Waals surface area (Å²) in [6.45, 7) is 6.74. The molecule has 1 aromatic heterocycles. The molecule has 1 aliphatic heterocycles. The van der Waals surface area contributed by atoms with Crippen LogP contribution in [-0.2, 0) is 4.74 Å². The maximum atomic E-state index is 9.98. The molecule has 6 nitrogen and oxygen atoms in total. The Morgan fingerprint density at radius 3 is 2.90 bits per heavy atom. The van der Waals surface area contributed by atoms with Crippen molar-refractivity contribution in [3.05, 3.63) is 11.6 Å². The van der Waals surface area contributed by atoms with E-state index >= 15 is 0 Å². The van der Waals surface area contributed by atoms with Gasteiger partial charge in [0.1, 0.15) is 0 Å². The average Bonchev–Trinajstić information content (AvgIpc) is 2.99. The predicted molar refractivity (Wildman–Crippen MR) is 81.5 cm³/mol. The lowest BCUT2D eigenvalue weighted by Crippen LogP contribution is -2.49. The van der Waals surface area contributed by atoms with Gasteiger partial charge in [-0.15, -0.1) is 11.3 Å². The molecule has 0 spiro atoms. The topological polar surface area (TPSA) is 60.9 Å². The van der Waals surface area contributed by atoms with Gasteiger partial charge in [0.2, 0.25) is 0 Å². The van der Waals surface area contributed by atoms with Crippen LogP contribution in [0.25, 0.3) is 0 Å². The zero-order valence-electron chi connectivity index (χ0n) is 12.0. The molecule has 0 saturated carbocycles. The van der Waals surface area contributed by atoms with Crippen molar-refractivity contribution >= 4 is 16.5 Å². The van der Waals surface area contributed by atoms with Gasteiger partial charge >= 0.3 is 0 Å². The standard InChI is InChI=1S/C13H24N4O2S/c1-19-8-2-14-10-12(18)11-16-4-6-17(7-5-16)13-15-3-9-20-13/h3,9,12,14,18H,2,4-8,10-11H2,1H3. The molecular formula is C13H24N4O2S. The van der Waals surface area contributed by atoms with Gasteiger partial charge in [-0.3, -0.25) is 4.90 Å². The number of nitrogens with one attached hydrogen (secondary N) is 1. The molecule has 1 fully saturated rings. The highest BCUT2D eigenvalue weighted by Crippen LogP contribution is 2.18. The number of piperazine rings is 1. The molecule has 1 unspecified atom stereocenters. The lowest BCUT2D eigenvalue weighted by atomic mass is 10.2. The summed E-state index contributed by atoms with van der Waals surface area (Å²) in [5.41, 5.74) is 0. The summed E-state index contributed by atoms with van der Waals surface area (Å²) in [6, 6.07) is 0. The van der Waals surface area contributed by atoms with Crippen molar-refractivity contribution in [2.24, 2.45) is 0 Å². The molecular weight excluding hydrogens is 276 g/mol. The number of nitrogens with zero attached hydrogens (tertiary/aromatic N) is 3. The summed E-state index contributed by atoms with van der Waals surface area (Å²) in [4.78, 5) is 8.96. The quantitative estimate of drug-likeness (QED) is 0.652. The number of aromatic nitrogens is 1. The van der Waals surface area contributed by atoms with Crippen molar-refractivity contribution in [1.29, 1.82) is 0 Å². The SMILES string of the molecule is COCCNCC(O)CN1CCN(c2nccs2)CC1. The minimum Gasteiger partial charge on any atom is -0.390 e. The highest BCUT2D eigenvalue weighted by Gasteiger charge is 2.20. The number of methoxy groups -OCH3 is 1. The van der Waals surface area contributed by atoms with E-state index in [1.807, 2.05) is 11.6 Å². The second kappa shape index (κ2) is 8.53. The second-order valence-corrected chi connectivity index (χ2v) is 5.83. The molecule has 0 amide bonds. The van der Waals surface area contributed by atoms with Crippen LogP contribution >= 0.6 is 11.3 Å². The molecule has 1 aromatic rings. The Kier molecular flexibility index (Phi) is 6.68. The summed E-state index contributed by atoms with van der Waals surface area (Å²) in [5.74, 6) is 0. The van der Waals surface area contributed by atoms with Crippen molar-refractivity contribution in [3.63, 3.8) is 0 Å². The molecule has 20 heavy (non-hydrogen) atoms. The molecule has 2 rings (SSSR count). The molecule has 0 aromatic carbocycles. The number of aliphatic hydroxyl groups is 1. The van der Waals surface area contributed by atoms with Crippen LogP contribution in [0.2, 0.25) is 0 Å². The van der Waals surface area contributed by atoms with Gasteiger partial charge < -0.3 is 20.1 Å². The van der Waals surface area contributed by atoms with Gasteiger partial charge in [0.15, 0.2) is 5.13 Å². The van der Waals surface area contributed by atoms with Crippen molar-refractivity contribution in [1.82, 2.24) is 15.2 Å². The van der Waals surface area contributed by atoms with E-state index in [9.17, 15) is 5.11 Å². The molecule has 0 radical (unpaired) electrons. The van der Waals surface area contributed by atoms with Gasteiger partial charge in [0.05, 0.1) is 12.7 Å². The summed E-state index contributed by atoms with van der Waals surface area (Å²) in [5, 5.41) is 16.3. The lowest BCUT2D eigenvalue weighted by molar-refractivity contribution is 0.105. The Morgan fingerprint density at radius 1 is 1.45 bits per heavy atom. The first kappa shape index (κ1) is 15.7. The highest BCUT2D eigenvalue weighted by atomic mass is 32.1. The van der Waals surface area contributed by atoms with E-state index in [2.05, 4.69) is 20.1 Å². The lowest BCUT2D eigenvalue weighted by Gasteiger charge is -2.35. The van der Waals surface area contributed by atoms with Gasteiger partial charge in [-0.2, -0.15) is 0 Å². The maximum Gasteiger partial charge on any atom is 0.185 e. The van der Waals surface area contributed by atoms with E-state index in [0.29, 0.717) is 13.2 Å². The monoisotopic (exact) mass is 300 g/mol. The van der Waals surface area contributed by atoms with Crippen molar-refractivity contribution < 1.29 is 9.84 Å². The Balaban J connectivity index is 1.61. The minimum atomic E-state index is -0.321. The average molecular weight is 300 g/mol. The number of hydrogen-bond acceptors (Lipinski definition) is 7. The van der Waals surface area contributed by atoms with Gasteiger partial charge in [-0.25, -0.2) is 4.98 Å². The van der Waals surface area contributed by atoms with Gasteiger partial charge in [0.25, 0.3) is 0 Å². The van der Waals surface area contributed by atoms with Gasteiger partial charge in [-0.1, -0.05) is 0 Å². The van der Waals surface area contributed by atoms with Gasteiger partial charge in [-0.05, 0) is 0 Å². The number of hydrogen-bond donors (Lipinski definition) is 2. The minimum absolute atomic E-state index is 0.321. The Labute approximate surface area is 124 Å². The first-order valence-corrected chi connectivity index (χ1v) is 7.92. The van der Waals surface area contributed by atoms with Crippen LogP contribution < -0.4 is 10.2 Å². The molecule has 1 aliphatic rings. The summed E-state index contributed by atoms with van der Waals surface area (Å²) in [7, 11) is 1.68. The van der Waals surface area contributed by atoms with E-state index in [-0.39, 0.29) is 6.10 Å². The summed E-state index contributed by atoms with van der Waals surface area (Å²) in [6.07, 6.45) is 1.53. The number of aliphatic hydroxyl groups excluding tert-OH is 1. The Bertz CT molecular complexity index is 355. The van der Waals surface area contributed by atoms with E-state index in [4.69, 9.17) is 4.74 Å². The van der Waals surface area contributed by atoms with E-state index < -0.39 is 0 Å². The maximum absolute atomic E-state index is 9.98. The van der Waals surface area contributed by atoms with Crippen molar-refractivity contribution in [3.8, 4) is 0 Å². The van der Waals surface area contributed by atoms with Crippen LogP contribution in [-0.4, -0.2) is 80.6 Å². The third-order valence-corrected chi connectivity index (χ3v) is 4.23. The molecule has 1 saturated heterocycles. The fourth-order valence-electron chi connectivity index (χ4n) is 2.30. The second-order valence-electron chi connectivity index (χ2n) is 4.95. The number of thiazole rings is 1. The van der Waals surface area contributed by atoms with Crippen LogP contribution in [0.4, 0.5) is 5.13 Å². The van der Waals surface area contributed by atoms with E-state index in [0.717, 1.165) is 44.4 Å². The van der Waals surface area contributed by atoms with E-state index in [1.165, 1.54) is 0 Å². The summed E-state index contributed by atoms with van der Waals surface area (Å²) < 4.78 is 4.96. The normalized spacial score (nSPS) is 18.4. The first-order valence-electron chi connectivity index (χ1n) is 7.04. The zero-order chi connectivity index (χ0) is 14.2. The Hall–Kier alpha value is -0.730. The number of rotatable bonds is 8. The number of anilines is 1. The summed E-state index contributed by atoms with van der Waals surface area (Å²) >= 11 is 1.69. The third kappa shape index (κ3) is 4.99. The van der Waals surface area contributed by atoms with Crippen molar-refractivity contribution in [2.75, 3.05) is 64.4 Å². The molecule has 2 N–H and O–H groups in total.